The first-order chi connectivity index (χ1) is 9.39. The second-order valence-corrected chi connectivity index (χ2v) is 9.11. The number of unbranched alkanes of at least 4 members (excludes halogenated alkanes) is 4. The molecule has 0 rings (SSSR count). The van der Waals surface area contributed by atoms with Gasteiger partial charge in [0.1, 0.15) is 5.72 Å². The highest BCUT2D eigenvalue weighted by molar-refractivity contribution is 6.66. The first kappa shape index (κ1) is 19.8. The molecule has 0 aliphatic heterocycles. The third kappa shape index (κ3) is 9.70. The average molecular weight is 302 g/mol. The lowest BCUT2D eigenvalue weighted by molar-refractivity contribution is 0.0806. The molecule has 0 aromatic rings. The Labute approximate surface area is 127 Å². The fourth-order valence-corrected chi connectivity index (χ4v) is 5.24. The number of nitrogens with two attached hydrogens (primary N) is 1. The smallest absolute Gasteiger partial charge is 0.336 e. The molecular formula is C16H35NO2Si. The second kappa shape index (κ2) is 10.5. The summed E-state index contributed by atoms with van der Waals surface area (Å²) in [6, 6.07) is 0.984. The van der Waals surface area contributed by atoms with Crippen molar-refractivity contribution in [1.82, 2.24) is 0 Å². The Morgan fingerprint density at radius 2 is 1.80 bits per heavy atom. The Hall–Kier alpha value is -0.163. The summed E-state index contributed by atoms with van der Waals surface area (Å²) in [5, 5.41) is 0. The van der Waals surface area contributed by atoms with Gasteiger partial charge in [-0.05, 0) is 45.4 Å². The third-order valence-electron chi connectivity index (χ3n) is 3.26. The summed E-state index contributed by atoms with van der Waals surface area (Å²) < 4.78 is 12.0. The minimum absolute atomic E-state index is 0.694. The van der Waals surface area contributed by atoms with Crippen molar-refractivity contribution in [2.45, 2.75) is 84.5 Å². The second-order valence-electron chi connectivity index (χ2n) is 5.85. The molecule has 2 atom stereocenters. The molecule has 0 aromatic heterocycles. The molecule has 0 saturated carbocycles. The van der Waals surface area contributed by atoms with E-state index in [9.17, 15) is 0 Å². The molecule has 0 bridgehead atoms. The van der Waals surface area contributed by atoms with Crippen molar-refractivity contribution >= 4 is 8.56 Å². The molecule has 3 nitrogen and oxygen atoms in total. The normalized spacial score (nSPS) is 18.1. The summed E-state index contributed by atoms with van der Waals surface area (Å²) in [4.78, 5) is 0. The summed E-state index contributed by atoms with van der Waals surface area (Å²) in [6.45, 7) is 11.1. The van der Waals surface area contributed by atoms with E-state index in [1.807, 2.05) is 19.9 Å². The molecule has 0 heterocycles. The maximum atomic E-state index is 6.25. The zero-order valence-corrected chi connectivity index (χ0v) is 15.2. The highest BCUT2D eigenvalue weighted by Gasteiger charge is 2.35. The van der Waals surface area contributed by atoms with E-state index in [1.165, 1.54) is 25.7 Å². The van der Waals surface area contributed by atoms with E-state index in [0.717, 1.165) is 18.9 Å². The van der Waals surface area contributed by atoms with Crippen LogP contribution in [-0.4, -0.2) is 20.9 Å². The van der Waals surface area contributed by atoms with E-state index in [0.29, 0.717) is 6.61 Å². The lowest BCUT2D eigenvalue weighted by Gasteiger charge is -2.34. The molecular weight excluding hydrogens is 266 g/mol. The Balaban J connectivity index is 4.28. The average Bonchev–Trinajstić information content (AvgIpc) is 2.33. The van der Waals surface area contributed by atoms with Gasteiger partial charge in [0.2, 0.25) is 0 Å². The monoisotopic (exact) mass is 301 g/mol. The summed E-state index contributed by atoms with van der Waals surface area (Å²) in [5.41, 5.74) is 5.54. The van der Waals surface area contributed by atoms with Crippen molar-refractivity contribution in [3.63, 3.8) is 0 Å². The van der Waals surface area contributed by atoms with Gasteiger partial charge in [-0.2, -0.15) is 0 Å². The highest BCUT2D eigenvalue weighted by Crippen LogP contribution is 2.22. The Morgan fingerprint density at radius 1 is 1.10 bits per heavy atom. The molecule has 0 radical (unpaired) electrons. The number of hydrogen-bond acceptors (Lipinski definition) is 3. The predicted octanol–water partition coefficient (Wildman–Crippen LogP) is 4.72. The van der Waals surface area contributed by atoms with Gasteiger partial charge >= 0.3 is 8.56 Å². The molecule has 0 aliphatic carbocycles. The van der Waals surface area contributed by atoms with Crippen LogP contribution in [0.2, 0.25) is 12.6 Å². The molecule has 0 saturated heterocycles. The minimum atomic E-state index is -2.14. The van der Waals surface area contributed by atoms with Crippen LogP contribution in [-0.2, 0) is 8.85 Å². The van der Waals surface area contributed by atoms with Crippen LogP contribution in [0.5, 0.6) is 0 Å². The number of hydrogen-bond donors (Lipinski definition) is 1. The Morgan fingerprint density at radius 3 is 2.35 bits per heavy atom. The Bertz CT molecular complexity index is 261. The fraction of sp³-hybridized carbons (Fsp3) is 0.875. The van der Waals surface area contributed by atoms with E-state index in [4.69, 9.17) is 14.6 Å². The summed E-state index contributed by atoms with van der Waals surface area (Å²) in [6.07, 6.45) is 11.4. The lowest BCUT2D eigenvalue weighted by atomic mass is 10.1. The molecule has 2 unspecified atom stereocenters. The zero-order valence-electron chi connectivity index (χ0n) is 14.2. The van der Waals surface area contributed by atoms with E-state index < -0.39 is 14.3 Å². The lowest BCUT2D eigenvalue weighted by Crippen LogP contribution is -2.51. The maximum Gasteiger partial charge on any atom is 0.336 e. The van der Waals surface area contributed by atoms with Gasteiger partial charge < -0.3 is 14.6 Å². The van der Waals surface area contributed by atoms with Crippen molar-refractivity contribution in [3.8, 4) is 0 Å². The SMILES string of the molecule is CCCCCCC=CC(C)(N)O[Si](C)(CCC)OCC. The maximum absolute atomic E-state index is 6.25. The Kier molecular flexibility index (Phi) is 10.5. The molecule has 20 heavy (non-hydrogen) atoms. The van der Waals surface area contributed by atoms with Crippen LogP contribution >= 0.6 is 0 Å². The quantitative estimate of drug-likeness (QED) is 0.245. The van der Waals surface area contributed by atoms with Crippen LogP contribution < -0.4 is 5.73 Å². The van der Waals surface area contributed by atoms with Gasteiger partial charge in [0, 0.05) is 6.61 Å². The minimum Gasteiger partial charge on any atom is -0.395 e. The fourth-order valence-electron chi connectivity index (χ4n) is 2.42. The van der Waals surface area contributed by atoms with Crippen molar-refractivity contribution in [2.75, 3.05) is 6.61 Å². The summed E-state index contributed by atoms with van der Waals surface area (Å²) in [5.74, 6) is 0. The van der Waals surface area contributed by atoms with Gasteiger partial charge in [-0.15, -0.1) is 0 Å². The molecule has 0 fully saturated rings. The number of allylic oxidation sites excluding steroid dienone is 1. The van der Waals surface area contributed by atoms with Gasteiger partial charge in [-0.25, -0.2) is 0 Å². The standard InChI is InChI=1S/C16H35NO2Si/c1-6-9-10-11-12-13-14-16(4,17)19-20(5,15-7-2)18-8-3/h13-14H,6-12,15,17H2,1-5H3. The molecule has 0 aromatic carbocycles. The van der Waals surface area contributed by atoms with E-state index in [2.05, 4.69) is 26.5 Å². The first-order valence-electron chi connectivity index (χ1n) is 8.19. The highest BCUT2D eigenvalue weighted by atomic mass is 28.4. The van der Waals surface area contributed by atoms with Crippen LogP contribution in [0.3, 0.4) is 0 Å². The predicted molar refractivity (Wildman–Crippen MR) is 89.9 cm³/mol. The van der Waals surface area contributed by atoms with E-state index in [-0.39, 0.29) is 0 Å². The topological polar surface area (TPSA) is 44.5 Å². The van der Waals surface area contributed by atoms with E-state index in [1.54, 1.807) is 0 Å². The third-order valence-corrected chi connectivity index (χ3v) is 6.44. The molecule has 120 valence electrons. The summed E-state index contributed by atoms with van der Waals surface area (Å²) >= 11 is 0. The van der Waals surface area contributed by atoms with Crippen molar-refractivity contribution in [1.29, 1.82) is 0 Å². The largest absolute Gasteiger partial charge is 0.395 e. The van der Waals surface area contributed by atoms with Gasteiger partial charge in [0.15, 0.2) is 0 Å². The molecule has 2 N–H and O–H groups in total. The van der Waals surface area contributed by atoms with Crippen LogP contribution in [0.4, 0.5) is 0 Å². The van der Waals surface area contributed by atoms with Crippen molar-refractivity contribution < 1.29 is 8.85 Å². The van der Waals surface area contributed by atoms with E-state index >= 15 is 0 Å². The van der Waals surface area contributed by atoms with Crippen LogP contribution in [0, 0.1) is 0 Å². The molecule has 0 aliphatic rings. The van der Waals surface area contributed by atoms with Gasteiger partial charge in [-0.3, -0.25) is 0 Å². The van der Waals surface area contributed by atoms with Gasteiger partial charge in [0.05, 0.1) is 0 Å². The molecule has 0 spiro atoms. The van der Waals surface area contributed by atoms with Gasteiger partial charge in [0.25, 0.3) is 0 Å². The van der Waals surface area contributed by atoms with Crippen molar-refractivity contribution in [2.24, 2.45) is 5.73 Å². The summed E-state index contributed by atoms with van der Waals surface area (Å²) in [7, 11) is -2.14. The zero-order chi connectivity index (χ0) is 15.5. The van der Waals surface area contributed by atoms with Crippen LogP contribution in [0.15, 0.2) is 12.2 Å². The van der Waals surface area contributed by atoms with Crippen LogP contribution in [0.25, 0.3) is 0 Å². The molecule has 0 amide bonds. The van der Waals surface area contributed by atoms with Crippen molar-refractivity contribution in [3.05, 3.63) is 12.2 Å². The molecule has 4 heteroatoms. The first-order valence-corrected chi connectivity index (χ1v) is 10.7. The van der Waals surface area contributed by atoms with Gasteiger partial charge in [-0.1, -0.05) is 45.6 Å². The number of rotatable bonds is 12. The van der Waals surface area contributed by atoms with Crippen LogP contribution in [0.1, 0.15) is 66.2 Å².